The van der Waals surface area contributed by atoms with Gasteiger partial charge in [0.15, 0.2) is 11.5 Å². The molecule has 1 saturated heterocycles. The van der Waals surface area contributed by atoms with E-state index in [-0.39, 0.29) is 47.8 Å². The Bertz CT molecular complexity index is 1210. The Balaban J connectivity index is 1.31. The summed E-state index contributed by atoms with van der Waals surface area (Å²) in [6, 6.07) is 9.66. The van der Waals surface area contributed by atoms with Gasteiger partial charge >= 0.3 is 0 Å². The molecule has 1 aliphatic heterocycles. The van der Waals surface area contributed by atoms with E-state index >= 15 is 0 Å². The first-order chi connectivity index (χ1) is 16.4. The molecule has 3 aliphatic rings. The highest BCUT2D eigenvalue weighted by molar-refractivity contribution is 14.1. The van der Waals surface area contributed by atoms with E-state index in [2.05, 4.69) is 27.7 Å². The predicted molar refractivity (Wildman–Crippen MR) is 130 cm³/mol. The monoisotopic (exact) mass is 573 g/mol. The Hall–Kier alpha value is -3.28. The molecule has 2 aliphatic carbocycles. The minimum absolute atomic E-state index is 0.0158. The molecular formula is C24H20IN3O6. The molecule has 10 heteroatoms. The average Bonchev–Trinajstić information content (AvgIpc) is 3.51. The first kappa shape index (κ1) is 22.5. The normalized spacial score (nSPS) is 24.8. The van der Waals surface area contributed by atoms with Crippen LogP contribution in [0.4, 0.5) is 5.69 Å². The number of imide groups is 1. The Kier molecular flexibility index (Phi) is 5.84. The fraction of sp³-hybridized carbons (Fsp3) is 0.292. The molecule has 0 spiro atoms. The van der Waals surface area contributed by atoms with Crippen LogP contribution in [0, 0.1) is 37.4 Å². The molecule has 2 amide bonds. The van der Waals surface area contributed by atoms with Crippen molar-refractivity contribution in [3.05, 3.63) is 73.4 Å². The van der Waals surface area contributed by atoms with Crippen LogP contribution in [0.25, 0.3) is 0 Å². The quantitative estimate of drug-likeness (QED) is 0.124. The second-order valence-electron chi connectivity index (χ2n) is 8.48. The van der Waals surface area contributed by atoms with Gasteiger partial charge in [-0.2, -0.15) is 10.1 Å². The van der Waals surface area contributed by atoms with Gasteiger partial charge in [0.05, 0.1) is 33.7 Å². The van der Waals surface area contributed by atoms with Crippen LogP contribution < -0.4 is 9.47 Å². The molecule has 0 aromatic heterocycles. The van der Waals surface area contributed by atoms with Gasteiger partial charge in [0.2, 0.25) is 0 Å². The molecule has 34 heavy (non-hydrogen) atoms. The molecule has 0 N–H and O–H groups in total. The number of hydrogen-bond donors (Lipinski definition) is 0. The predicted octanol–water partition coefficient (Wildman–Crippen LogP) is 3.93. The van der Waals surface area contributed by atoms with Crippen LogP contribution in [0.1, 0.15) is 17.5 Å². The van der Waals surface area contributed by atoms with Crippen molar-refractivity contribution < 1.29 is 24.0 Å². The van der Waals surface area contributed by atoms with E-state index in [9.17, 15) is 19.7 Å². The molecule has 2 aromatic carbocycles. The lowest BCUT2D eigenvalue weighted by molar-refractivity contribution is -0.384. The minimum atomic E-state index is -0.451. The fourth-order valence-corrected chi connectivity index (χ4v) is 5.73. The number of ether oxygens (including phenoxy) is 2. The number of halogens is 1. The van der Waals surface area contributed by atoms with Crippen LogP contribution >= 0.6 is 22.6 Å². The summed E-state index contributed by atoms with van der Waals surface area (Å²) in [5.41, 5.74) is 1.44. The minimum Gasteiger partial charge on any atom is -0.493 e. The largest absolute Gasteiger partial charge is 0.493 e. The zero-order chi connectivity index (χ0) is 24.0. The van der Waals surface area contributed by atoms with Gasteiger partial charge in [-0.1, -0.05) is 12.2 Å². The van der Waals surface area contributed by atoms with Gasteiger partial charge in [-0.3, -0.25) is 19.7 Å². The number of carbonyl (C=O) groups is 2. The number of hydrazone groups is 1. The van der Waals surface area contributed by atoms with E-state index in [1.807, 2.05) is 18.2 Å². The lowest BCUT2D eigenvalue weighted by Gasteiger charge is -2.14. The topological polar surface area (TPSA) is 111 Å². The number of methoxy groups -OCH3 is 1. The summed E-state index contributed by atoms with van der Waals surface area (Å²) in [4.78, 5) is 36.0. The molecular weight excluding hydrogens is 553 g/mol. The van der Waals surface area contributed by atoms with Gasteiger partial charge in [-0.05, 0) is 76.2 Å². The number of nitrogens with zero attached hydrogens (tertiary/aromatic N) is 3. The number of amides is 2. The van der Waals surface area contributed by atoms with Crippen molar-refractivity contribution in [2.45, 2.75) is 13.0 Å². The maximum Gasteiger partial charge on any atom is 0.269 e. The molecule has 2 bridgehead atoms. The number of rotatable bonds is 7. The van der Waals surface area contributed by atoms with E-state index in [1.54, 1.807) is 18.2 Å². The molecule has 1 heterocycles. The maximum absolute atomic E-state index is 12.8. The van der Waals surface area contributed by atoms with Crippen molar-refractivity contribution in [3.63, 3.8) is 0 Å². The van der Waals surface area contributed by atoms with Crippen LogP contribution in [-0.4, -0.2) is 35.1 Å². The first-order valence-electron chi connectivity index (χ1n) is 10.7. The van der Waals surface area contributed by atoms with E-state index in [1.165, 1.54) is 25.5 Å². The van der Waals surface area contributed by atoms with Crippen molar-refractivity contribution in [2.24, 2.45) is 28.8 Å². The number of nitro groups is 1. The molecule has 9 nitrogen and oxygen atoms in total. The van der Waals surface area contributed by atoms with Crippen molar-refractivity contribution in [1.82, 2.24) is 5.01 Å². The number of allylic oxidation sites excluding steroid dienone is 2. The fourth-order valence-electron chi connectivity index (χ4n) is 4.95. The molecule has 0 radical (unpaired) electrons. The molecule has 0 unspecified atom stereocenters. The summed E-state index contributed by atoms with van der Waals surface area (Å²) in [5.74, 6) is 0.229. The highest BCUT2D eigenvalue weighted by Crippen LogP contribution is 2.52. The van der Waals surface area contributed by atoms with Crippen molar-refractivity contribution in [1.29, 1.82) is 0 Å². The first-order valence-corrected chi connectivity index (χ1v) is 11.8. The molecule has 2 fully saturated rings. The number of hydrogen-bond acceptors (Lipinski definition) is 7. The molecule has 5 rings (SSSR count). The lowest BCUT2D eigenvalue weighted by Crippen LogP contribution is -2.28. The zero-order valence-corrected chi connectivity index (χ0v) is 20.2. The SMILES string of the molecule is COc1cc(/C=N\N2C(=O)[C@H]3[C@H](C2=O)[C@H]2C=C[C@H]3C2)cc(I)c1OCc1ccc([N+](=O)[O-])cc1. The average molecular weight is 573 g/mol. The number of carbonyl (C=O) groups excluding carboxylic acids is 2. The highest BCUT2D eigenvalue weighted by Gasteiger charge is 2.59. The van der Waals surface area contributed by atoms with Crippen molar-refractivity contribution in [2.75, 3.05) is 7.11 Å². The second-order valence-corrected chi connectivity index (χ2v) is 9.64. The van der Waals surface area contributed by atoms with E-state index in [0.29, 0.717) is 17.1 Å². The zero-order valence-electron chi connectivity index (χ0n) is 18.1. The smallest absolute Gasteiger partial charge is 0.269 e. The lowest BCUT2D eigenvalue weighted by atomic mass is 9.85. The van der Waals surface area contributed by atoms with Crippen LogP contribution in [0.15, 0.2) is 53.7 Å². The molecule has 2 aromatic rings. The van der Waals surface area contributed by atoms with Gasteiger partial charge in [0.1, 0.15) is 6.61 Å². The van der Waals surface area contributed by atoms with E-state index < -0.39 is 4.92 Å². The number of nitro benzene ring substituents is 1. The van der Waals surface area contributed by atoms with Gasteiger partial charge in [0, 0.05) is 12.1 Å². The van der Waals surface area contributed by atoms with Crippen LogP contribution in [0.2, 0.25) is 0 Å². The van der Waals surface area contributed by atoms with Crippen LogP contribution in [0.5, 0.6) is 11.5 Å². The van der Waals surface area contributed by atoms with Crippen LogP contribution in [-0.2, 0) is 16.2 Å². The Morgan fingerprint density at radius 3 is 2.38 bits per heavy atom. The summed E-state index contributed by atoms with van der Waals surface area (Å²) < 4.78 is 12.1. The van der Waals surface area contributed by atoms with E-state index in [4.69, 9.17) is 9.47 Å². The van der Waals surface area contributed by atoms with Crippen LogP contribution in [0.3, 0.4) is 0 Å². The summed E-state index contributed by atoms with van der Waals surface area (Å²) in [6.45, 7) is 0.202. The highest BCUT2D eigenvalue weighted by atomic mass is 127. The Labute approximate surface area is 208 Å². The van der Waals surface area contributed by atoms with Gasteiger partial charge in [0.25, 0.3) is 17.5 Å². The maximum atomic E-state index is 12.8. The third kappa shape index (κ3) is 3.85. The number of non-ortho nitro benzene ring substituents is 1. The molecule has 174 valence electrons. The molecule has 4 atom stereocenters. The van der Waals surface area contributed by atoms with Crippen molar-refractivity contribution in [3.8, 4) is 11.5 Å². The van der Waals surface area contributed by atoms with Gasteiger partial charge < -0.3 is 9.47 Å². The van der Waals surface area contributed by atoms with Gasteiger partial charge in [-0.15, -0.1) is 0 Å². The van der Waals surface area contributed by atoms with Gasteiger partial charge in [-0.25, -0.2) is 0 Å². The third-order valence-corrected chi connectivity index (χ3v) is 7.35. The second kappa shape index (κ2) is 8.82. The molecule has 1 saturated carbocycles. The van der Waals surface area contributed by atoms with Crippen molar-refractivity contribution >= 4 is 46.3 Å². The van der Waals surface area contributed by atoms with E-state index in [0.717, 1.165) is 20.6 Å². The summed E-state index contributed by atoms with van der Waals surface area (Å²) >= 11 is 2.11. The number of benzene rings is 2. The third-order valence-electron chi connectivity index (χ3n) is 6.55. The summed E-state index contributed by atoms with van der Waals surface area (Å²) in [7, 11) is 1.52. The Morgan fingerprint density at radius 2 is 1.79 bits per heavy atom. The summed E-state index contributed by atoms with van der Waals surface area (Å²) in [5, 5.41) is 16.0. The Morgan fingerprint density at radius 1 is 1.15 bits per heavy atom. The summed E-state index contributed by atoms with van der Waals surface area (Å²) in [6.07, 6.45) is 6.46. The standard InChI is InChI=1S/C24H20IN3O6/c1-33-19-9-14(8-18(25)22(19)34-12-13-2-6-17(7-3-13)28(31)32)11-26-27-23(29)20-15-4-5-16(10-15)21(20)24(27)30/h2-9,11,15-16,20-21H,10,12H2,1H3/b26-11-/t15-,16-,20+,21+/m0/s1. The number of fused-ring (bicyclic) bond motifs is 5.